The van der Waals surface area contributed by atoms with Crippen LogP contribution < -0.4 is 4.90 Å². The Hall–Kier alpha value is -1.81. The summed E-state index contributed by atoms with van der Waals surface area (Å²) in [4.78, 5) is 15.0. The van der Waals surface area contributed by atoms with Crippen LogP contribution in [0.3, 0.4) is 0 Å². The average molecular weight is 273 g/mol. The van der Waals surface area contributed by atoms with E-state index in [4.69, 9.17) is 0 Å². The third kappa shape index (κ3) is 2.02. The average Bonchev–Trinajstić information content (AvgIpc) is 2.97. The molecule has 1 aliphatic heterocycles. The van der Waals surface area contributed by atoms with E-state index in [1.165, 1.54) is 4.88 Å². The molecule has 1 N–H and O–H groups in total. The number of rotatable bonds is 3. The number of aliphatic carboxylic acids is 1. The highest BCUT2D eigenvalue weighted by molar-refractivity contribution is 7.09. The minimum absolute atomic E-state index is 0.0167. The highest BCUT2D eigenvalue weighted by Crippen LogP contribution is 2.41. The molecule has 0 bridgehead atoms. The highest BCUT2D eigenvalue weighted by Gasteiger charge is 2.39. The fourth-order valence-corrected chi connectivity index (χ4v) is 3.51. The zero-order chi connectivity index (χ0) is 13.4. The van der Waals surface area contributed by atoms with Crippen molar-refractivity contribution in [1.29, 1.82) is 0 Å². The maximum absolute atomic E-state index is 11.5. The molecule has 1 aromatic heterocycles. The second kappa shape index (κ2) is 4.70. The van der Waals surface area contributed by atoms with E-state index >= 15 is 0 Å². The summed E-state index contributed by atoms with van der Waals surface area (Å²) in [5.74, 6) is -1.18. The minimum Gasteiger partial charge on any atom is -0.481 e. The molecule has 0 saturated carbocycles. The number of anilines is 1. The Morgan fingerprint density at radius 2 is 2.11 bits per heavy atom. The first-order chi connectivity index (χ1) is 9.18. The van der Waals surface area contributed by atoms with Crippen LogP contribution in [0.1, 0.15) is 23.3 Å². The van der Waals surface area contributed by atoms with Crippen LogP contribution in [0.25, 0.3) is 0 Å². The number of carbonyl (C=O) groups is 1. The molecule has 98 valence electrons. The first kappa shape index (κ1) is 12.2. The smallest absolute Gasteiger partial charge is 0.313 e. The minimum atomic E-state index is -0.742. The van der Waals surface area contributed by atoms with Gasteiger partial charge in [-0.1, -0.05) is 24.3 Å². The molecule has 3 rings (SSSR count). The number of nitrogens with zero attached hydrogens (tertiary/aromatic N) is 1. The Labute approximate surface area is 116 Å². The Bertz CT molecular complexity index is 594. The maximum atomic E-state index is 11.5. The molecular formula is C15H15NO2S. The van der Waals surface area contributed by atoms with Crippen molar-refractivity contribution in [2.45, 2.75) is 25.4 Å². The summed E-state index contributed by atoms with van der Waals surface area (Å²) in [6.07, 6.45) is 0. The monoisotopic (exact) mass is 273 g/mol. The van der Waals surface area contributed by atoms with Gasteiger partial charge in [-0.2, -0.15) is 0 Å². The van der Waals surface area contributed by atoms with E-state index in [1.807, 2.05) is 37.3 Å². The normalized spacial score (nSPS) is 21.4. The van der Waals surface area contributed by atoms with Crippen molar-refractivity contribution in [3.05, 3.63) is 52.2 Å². The van der Waals surface area contributed by atoms with Gasteiger partial charge >= 0.3 is 5.97 Å². The number of benzene rings is 1. The molecule has 0 saturated heterocycles. The topological polar surface area (TPSA) is 40.5 Å². The van der Waals surface area contributed by atoms with Gasteiger partial charge in [0.2, 0.25) is 0 Å². The zero-order valence-corrected chi connectivity index (χ0v) is 11.4. The van der Waals surface area contributed by atoms with Crippen molar-refractivity contribution in [2.24, 2.45) is 0 Å². The van der Waals surface area contributed by atoms with Crippen molar-refractivity contribution in [3.63, 3.8) is 0 Å². The largest absolute Gasteiger partial charge is 0.481 e. The molecule has 2 heterocycles. The van der Waals surface area contributed by atoms with Crippen LogP contribution >= 0.6 is 11.3 Å². The molecule has 0 spiro atoms. The number of hydrogen-bond acceptors (Lipinski definition) is 3. The molecule has 1 aliphatic rings. The molecule has 0 amide bonds. The molecule has 0 fully saturated rings. The van der Waals surface area contributed by atoms with Crippen molar-refractivity contribution in [3.8, 4) is 0 Å². The summed E-state index contributed by atoms with van der Waals surface area (Å²) in [5, 5.41) is 11.5. The molecule has 0 radical (unpaired) electrons. The molecule has 1 aromatic carbocycles. The first-order valence-corrected chi connectivity index (χ1v) is 7.17. The quantitative estimate of drug-likeness (QED) is 0.932. The summed E-state index contributed by atoms with van der Waals surface area (Å²) >= 11 is 1.71. The van der Waals surface area contributed by atoms with Crippen LogP contribution in [0.4, 0.5) is 5.69 Å². The predicted molar refractivity (Wildman–Crippen MR) is 76.8 cm³/mol. The van der Waals surface area contributed by atoms with Gasteiger partial charge in [-0.3, -0.25) is 4.79 Å². The lowest BCUT2D eigenvalue weighted by Gasteiger charge is -2.25. The Morgan fingerprint density at radius 3 is 2.79 bits per heavy atom. The van der Waals surface area contributed by atoms with Crippen LogP contribution in [0.5, 0.6) is 0 Å². The molecule has 3 nitrogen and oxygen atoms in total. The third-order valence-corrected chi connectivity index (χ3v) is 4.59. The highest BCUT2D eigenvalue weighted by atomic mass is 32.1. The molecule has 19 heavy (non-hydrogen) atoms. The standard InChI is InChI=1S/C15H15NO2S/c1-10-14(15(17)18)12-6-2-3-7-13(12)16(10)9-11-5-4-8-19-11/h2-8,10,14H,9H2,1H3,(H,17,18). The molecule has 2 aromatic rings. The van der Waals surface area contributed by atoms with E-state index in [9.17, 15) is 9.90 Å². The Morgan fingerprint density at radius 1 is 1.32 bits per heavy atom. The van der Waals surface area contributed by atoms with E-state index in [2.05, 4.69) is 16.3 Å². The summed E-state index contributed by atoms with van der Waals surface area (Å²) in [6.45, 7) is 2.77. The van der Waals surface area contributed by atoms with E-state index in [0.29, 0.717) is 0 Å². The van der Waals surface area contributed by atoms with E-state index < -0.39 is 11.9 Å². The van der Waals surface area contributed by atoms with E-state index in [0.717, 1.165) is 17.8 Å². The number of para-hydroxylation sites is 1. The summed E-state index contributed by atoms with van der Waals surface area (Å²) in [7, 11) is 0. The van der Waals surface area contributed by atoms with Gasteiger partial charge < -0.3 is 10.0 Å². The molecule has 0 aliphatic carbocycles. The molecule has 2 atom stereocenters. The van der Waals surface area contributed by atoms with Crippen LogP contribution in [0.15, 0.2) is 41.8 Å². The lowest BCUT2D eigenvalue weighted by Crippen LogP contribution is -2.33. The van der Waals surface area contributed by atoms with E-state index in [1.54, 1.807) is 11.3 Å². The third-order valence-electron chi connectivity index (χ3n) is 3.73. The predicted octanol–water partition coefficient (Wildman–Crippen LogP) is 3.33. The number of carboxylic acids is 1. The van der Waals surface area contributed by atoms with Crippen LogP contribution in [-0.2, 0) is 11.3 Å². The molecule has 4 heteroatoms. The fourth-order valence-electron chi connectivity index (χ4n) is 2.81. The van der Waals surface area contributed by atoms with Crippen molar-refractivity contribution in [1.82, 2.24) is 0 Å². The second-order valence-corrected chi connectivity index (χ2v) is 5.85. The summed E-state index contributed by atoms with van der Waals surface area (Å²) < 4.78 is 0. The van der Waals surface area contributed by atoms with Gasteiger partial charge in [-0.25, -0.2) is 0 Å². The van der Waals surface area contributed by atoms with Gasteiger partial charge in [0.05, 0.1) is 6.54 Å². The van der Waals surface area contributed by atoms with Crippen molar-refractivity contribution in [2.75, 3.05) is 4.90 Å². The summed E-state index contributed by atoms with van der Waals surface area (Å²) in [6, 6.07) is 11.9. The van der Waals surface area contributed by atoms with Crippen LogP contribution in [-0.4, -0.2) is 17.1 Å². The number of fused-ring (bicyclic) bond motifs is 1. The molecular weight excluding hydrogens is 258 g/mol. The maximum Gasteiger partial charge on any atom is 0.313 e. The molecule has 2 unspecified atom stereocenters. The SMILES string of the molecule is CC1C(C(=O)O)c2ccccc2N1Cc1cccs1. The van der Waals surface area contributed by atoms with Gasteiger partial charge in [0.15, 0.2) is 0 Å². The number of thiophene rings is 1. The van der Waals surface area contributed by atoms with Gasteiger partial charge in [-0.05, 0) is 30.0 Å². The van der Waals surface area contributed by atoms with Crippen LogP contribution in [0.2, 0.25) is 0 Å². The van der Waals surface area contributed by atoms with Gasteiger partial charge in [0.25, 0.3) is 0 Å². The van der Waals surface area contributed by atoms with E-state index in [-0.39, 0.29) is 6.04 Å². The second-order valence-electron chi connectivity index (χ2n) is 4.82. The van der Waals surface area contributed by atoms with Crippen molar-refractivity contribution >= 4 is 23.0 Å². The zero-order valence-electron chi connectivity index (χ0n) is 10.6. The Kier molecular flexibility index (Phi) is 3.03. The first-order valence-electron chi connectivity index (χ1n) is 6.29. The van der Waals surface area contributed by atoms with Crippen molar-refractivity contribution < 1.29 is 9.90 Å². The Balaban J connectivity index is 1.99. The number of carboxylic acid groups (broad SMARTS) is 1. The lowest BCUT2D eigenvalue weighted by atomic mass is 9.96. The lowest BCUT2D eigenvalue weighted by molar-refractivity contribution is -0.139. The number of hydrogen-bond donors (Lipinski definition) is 1. The van der Waals surface area contributed by atoms with Gasteiger partial charge in [-0.15, -0.1) is 11.3 Å². The fraction of sp³-hybridized carbons (Fsp3) is 0.267. The van der Waals surface area contributed by atoms with Crippen LogP contribution in [0, 0.1) is 0 Å². The van der Waals surface area contributed by atoms with Gasteiger partial charge in [0, 0.05) is 16.6 Å². The summed E-state index contributed by atoms with van der Waals surface area (Å²) in [5.41, 5.74) is 1.98. The van der Waals surface area contributed by atoms with Gasteiger partial charge in [0.1, 0.15) is 5.92 Å².